The van der Waals surface area contributed by atoms with Gasteiger partial charge in [-0.1, -0.05) is 96.8 Å². The molecule has 0 aromatic carbocycles. The summed E-state index contributed by atoms with van der Waals surface area (Å²) < 4.78 is 11.4. The van der Waals surface area contributed by atoms with E-state index < -0.39 is 6.04 Å². The smallest absolute Gasteiger partial charge is 0.306 e. The summed E-state index contributed by atoms with van der Waals surface area (Å²) in [6.45, 7) is 4.56. The predicted octanol–water partition coefficient (Wildman–Crippen LogP) is 3.33. The number of nitrogens with one attached hydrogen (secondary N) is 1. The molecule has 0 aliphatic heterocycles. The number of unbranched alkanes of at least 4 members (excludes halogenated alkanes) is 14. The van der Waals surface area contributed by atoms with Gasteiger partial charge in [-0.15, -0.1) is 0 Å². The van der Waals surface area contributed by atoms with Gasteiger partial charge in [0.25, 0.3) is 0 Å². The van der Waals surface area contributed by atoms with Crippen LogP contribution in [0, 0.1) is 0 Å². The van der Waals surface area contributed by atoms with Crippen LogP contribution in [0.25, 0.3) is 0 Å². The number of carbonyl (C=O) groups excluding carboxylic acids is 3. The fourth-order valence-electron chi connectivity index (χ4n) is 4.29. The third-order valence-corrected chi connectivity index (χ3v) is 6.49. The van der Waals surface area contributed by atoms with E-state index in [0.717, 1.165) is 36.7 Å². The molecule has 0 aromatic rings. The molecule has 1 atom stereocenters. The second-order valence-corrected chi connectivity index (χ2v) is 11.6. The number of amides is 1. The van der Waals surface area contributed by atoms with Crippen LogP contribution in [-0.4, -0.2) is 69.3 Å². The Morgan fingerprint density at radius 2 is 1.00 bits per heavy atom. The highest BCUT2D eigenvalue weighted by molar-refractivity contribution is 5.73. The molecule has 1 amide bonds. The molecule has 8 heteroatoms. The van der Waals surface area contributed by atoms with Crippen LogP contribution in [0.1, 0.15) is 129 Å². The summed E-state index contributed by atoms with van der Waals surface area (Å²) in [7, 11) is 6.23. The highest BCUT2D eigenvalue weighted by Gasteiger charge is 2.16. The van der Waals surface area contributed by atoms with Crippen LogP contribution < -0.4 is 17.7 Å². The minimum atomic E-state index is -0.523. The average molecular weight is 563 g/mol. The first-order chi connectivity index (χ1) is 17.6. The van der Waals surface area contributed by atoms with Crippen molar-refractivity contribution in [3.8, 4) is 0 Å². The van der Waals surface area contributed by atoms with Gasteiger partial charge in [0, 0.05) is 19.8 Å². The number of halogens is 1. The van der Waals surface area contributed by atoms with Crippen molar-refractivity contribution in [2.24, 2.45) is 0 Å². The summed E-state index contributed by atoms with van der Waals surface area (Å²) in [6, 6.07) is -0.523. The molecule has 0 bridgehead atoms. The minimum Gasteiger partial charge on any atom is -1.00 e. The van der Waals surface area contributed by atoms with Gasteiger partial charge in [0.1, 0.15) is 13.2 Å². The van der Waals surface area contributed by atoms with Crippen molar-refractivity contribution in [2.75, 3.05) is 40.9 Å². The average Bonchev–Trinajstić information content (AvgIpc) is 2.82. The molecule has 7 nitrogen and oxygen atoms in total. The zero-order valence-electron chi connectivity index (χ0n) is 25.3. The molecule has 0 saturated carbocycles. The normalized spacial score (nSPS) is 11.9. The first kappa shape index (κ1) is 38.8. The Bertz CT molecular complexity index is 596. The van der Waals surface area contributed by atoms with Crippen LogP contribution in [0.4, 0.5) is 0 Å². The predicted molar refractivity (Wildman–Crippen MR) is 151 cm³/mol. The summed E-state index contributed by atoms with van der Waals surface area (Å²) in [5, 5.41) is 2.70. The molecule has 0 aliphatic rings. The Morgan fingerprint density at radius 3 is 1.37 bits per heavy atom. The van der Waals surface area contributed by atoms with Gasteiger partial charge in [-0.2, -0.15) is 0 Å². The molecule has 0 unspecified atom stereocenters. The van der Waals surface area contributed by atoms with E-state index in [1.807, 2.05) is 0 Å². The number of nitrogens with zero attached hydrogens (tertiary/aromatic N) is 1. The van der Waals surface area contributed by atoms with E-state index in [1.165, 1.54) is 84.0 Å². The molecule has 0 radical (unpaired) electrons. The third kappa shape index (κ3) is 29.2. The van der Waals surface area contributed by atoms with Crippen LogP contribution in [-0.2, 0) is 23.9 Å². The minimum absolute atomic E-state index is 0. The van der Waals surface area contributed by atoms with Gasteiger partial charge in [-0.25, -0.2) is 0 Å². The SMILES string of the molecule is CCCCCCCCCCCCCCCCCC(=O)OC[C@@H](COC(=O)CCC[N+](C)(C)C)NC(C)=O.[Cl-]. The number of quaternary nitrogens is 1. The van der Waals surface area contributed by atoms with Crippen LogP contribution in [0.5, 0.6) is 0 Å². The summed E-state index contributed by atoms with van der Waals surface area (Å²) in [4.78, 5) is 35.5. The van der Waals surface area contributed by atoms with E-state index in [4.69, 9.17) is 9.47 Å². The van der Waals surface area contributed by atoms with Crippen molar-refractivity contribution in [1.29, 1.82) is 0 Å². The van der Waals surface area contributed by atoms with Crippen molar-refractivity contribution >= 4 is 17.8 Å². The molecule has 0 aromatic heterocycles. The lowest BCUT2D eigenvalue weighted by Gasteiger charge is -2.23. The fourth-order valence-corrected chi connectivity index (χ4v) is 4.29. The maximum absolute atomic E-state index is 12.1. The molecule has 0 aliphatic carbocycles. The molecular formula is C30H59ClN2O5. The number of hydrogen-bond donors (Lipinski definition) is 1. The Balaban J connectivity index is 0. The molecule has 38 heavy (non-hydrogen) atoms. The first-order valence-electron chi connectivity index (χ1n) is 15.0. The van der Waals surface area contributed by atoms with E-state index in [9.17, 15) is 14.4 Å². The van der Waals surface area contributed by atoms with Crippen molar-refractivity contribution in [3.05, 3.63) is 0 Å². The highest BCUT2D eigenvalue weighted by Crippen LogP contribution is 2.14. The van der Waals surface area contributed by atoms with Gasteiger partial charge in [0.05, 0.1) is 40.2 Å². The van der Waals surface area contributed by atoms with Crippen molar-refractivity contribution in [2.45, 2.75) is 135 Å². The lowest BCUT2D eigenvalue weighted by molar-refractivity contribution is -0.870. The summed E-state index contributed by atoms with van der Waals surface area (Å²) in [5.74, 6) is -0.809. The number of esters is 2. The van der Waals surface area contributed by atoms with Gasteiger partial charge in [0.15, 0.2) is 0 Å². The standard InChI is InChI=1S/C30H58N2O5.ClH/c1-6-7-8-9-10-11-12-13-14-15-16-17-18-19-20-22-29(34)36-25-28(31-27(2)33)26-37-30(35)23-21-24-32(3,4)5;/h28H,6-26H2,1-5H3;1H/t28-;/m0./s1. The molecule has 0 saturated heterocycles. The lowest BCUT2D eigenvalue weighted by Crippen LogP contribution is -3.00. The van der Waals surface area contributed by atoms with Gasteiger partial charge in [0.2, 0.25) is 5.91 Å². The van der Waals surface area contributed by atoms with Crippen LogP contribution in [0.15, 0.2) is 0 Å². The fraction of sp³-hybridized carbons (Fsp3) is 0.900. The van der Waals surface area contributed by atoms with Crippen molar-refractivity contribution in [1.82, 2.24) is 5.32 Å². The van der Waals surface area contributed by atoms with Crippen LogP contribution in [0.3, 0.4) is 0 Å². The van der Waals surface area contributed by atoms with E-state index in [-0.39, 0.29) is 43.5 Å². The zero-order chi connectivity index (χ0) is 27.8. The summed E-state index contributed by atoms with van der Waals surface area (Å²) in [6.07, 6.45) is 20.7. The molecule has 0 heterocycles. The third-order valence-electron chi connectivity index (χ3n) is 6.49. The van der Waals surface area contributed by atoms with Crippen LogP contribution >= 0.6 is 0 Å². The summed E-state index contributed by atoms with van der Waals surface area (Å²) >= 11 is 0. The Morgan fingerprint density at radius 1 is 0.632 bits per heavy atom. The summed E-state index contributed by atoms with van der Waals surface area (Å²) in [5.41, 5.74) is 0. The largest absolute Gasteiger partial charge is 1.00 e. The van der Waals surface area contributed by atoms with Gasteiger partial charge in [-0.05, 0) is 6.42 Å². The first-order valence-corrected chi connectivity index (χ1v) is 15.0. The van der Waals surface area contributed by atoms with E-state index in [0.29, 0.717) is 12.8 Å². The van der Waals surface area contributed by atoms with Gasteiger partial charge in [-0.3, -0.25) is 14.4 Å². The Hall–Kier alpha value is -1.34. The second-order valence-electron chi connectivity index (χ2n) is 11.6. The van der Waals surface area contributed by atoms with Gasteiger partial charge < -0.3 is 31.7 Å². The molecule has 0 spiro atoms. The maximum Gasteiger partial charge on any atom is 0.306 e. The number of carbonyl (C=O) groups is 3. The van der Waals surface area contributed by atoms with Crippen LogP contribution in [0.2, 0.25) is 0 Å². The number of ether oxygens (including phenoxy) is 2. The number of hydrogen-bond acceptors (Lipinski definition) is 5. The van der Waals surface area contributed by atoms with Gasteiger partial charge >= 0.3 is 11.9 Å². The molecule has 226 valence electrons. The van der Waals surface area contributed by atoms with E-state index >= 15 is 0 Å². The molecule has 0 fully saturated rings. The second kappa shape index (κ2) is 25.9. The topological polar surface area (TPSA) is 81.7 Å². The molecule has 0 rings (SSSR count). The highest BCUT2D eigenvalue weighted by atomic mass is 35.5. The Kier molecular flexibility index (Phi) is 26.5. The van der Waals surface area contributed by atoms with E-state index in [2.05, 4.69) is 33.4 Å². The van der Waals surface area contributed by atoms with Crippen molar-refractivity contribution < 1.29 is 40.7 Å². The number of rotatable bonds is 25. The monoisotopic (exact) mass is 562 g/mol. The quantitative estimate of drug-likeness (QED) is 0.105. The Labute approximate surface area is 240 Å². The lowest BCUT2D eigenvalue weighted by atomic mass is 10.0. The zero-order valence-corrected chi connectivity index (χ0v) is 26.0. The van der Waals surface area contributed by atoms with Crippen molar-refractivity contribution in [3.63, 3.8) is 0 Å². The maximum atomic E-state index is 12.1. The molecular weight excluding hydrogens is 504 g/mol. The molecule has 1 N–H and O–H groups in total. The van der Waals surface area contributed by atoms with E-state index in [1.54, 1.807) is 0 Å².